The van der Waals surface area contributed by atoms with Crippen molar-refractivity contribution in [1.82, 2.24) is 0 Å². The summed E-state index contributed by atoms with van der Waals surface area (Å²) < 4.78 is 5.65. The van der Waals surface area contributed by atoms with Crippen LogP contribution in [-0.2, 0) is 6.42 Å². The third-order valence-corrected chi connectivity index (χ3v) is 3.33. The molecule has 1 aromatic heterocycles. The highest BCUT2D eigenvalue weighted by Gasteiger charge is 2.26. The van der Waals surface area contributed by atoms with Crippen molar-refractivity contribution in [1.29, 1.82) is 0 Å². The molecule has 17 heavy (non-hydrogen) atoms. The molecule has 86 valence electrons. The van der Waals surface area contributed by atoms with Crippen molar-refractivity contribution in [2.24, 2.45) is 0 Å². The fraction of sp³-hybridized carbons (Fsp3) is 0.267. The lowest BCUT2D eigenvalue weighted by atomic mass is 9.91. The zero-order valence-corrected chi connectivity index (χ0v) is 9.82. The molecule has 0 spiro atoms. The van der Waals surface area contributed by atoms with E-state index >= 15 is 0 Å². The van der Waals surface area contributed by atoms with Crippen LogP contribution in [0.25, 0.3) is 11.1 Å². The topological polar surface area (TPSA) is 30.2 Å². The minimum Gasteiger partial charge on any atom is -0.457 e. The van der Waals surface area contributed by atoms with Gasteiger partial charge in [0, 0.05) is 17.5 Å². The molecule has 2 aromatic rings. The second-order valence-corrected chi connectivity index (χ2v) is 4.48. The lowest BCUT2D eigenvalue weighted by Gasteiger charge is -2.10. The molecule has 0 amide bonds. The van der Waals surface area contributed by atoms with E-state index < -0.39 is 0 Å². The molecular weight excluding hydrogens is 212 g/mol. The quantitative estimate of drug-likeness (QED) is 0.740. The van der Waals surface area contributed by atoms with Crippen LogP contribution < -0.4 is 0 Å². The summed E-state index contributed by atoms with van der Waals surface area (Å²) in [4.78, 5) is 11.8. The first kappa shape index (κ1) is 10.3. The lowest BCUT2D eigenvalue weighted by molar-refractivity contribution is 0.0942. The highest BCUT2D eigenvalue weighted by Crippen LogP contribution is 2.36. The molecule has 0 unspecified atom stereocenters. The van der Waals surface area contributed by atoms with E-state index in [1.54, 1.807) is 0 Å². The molecule has 0 radical (unpaired) electrons. The van der Waals surface area contributed by atoms with E-state index in [4.69, 9.17) is 4.42 Å². The number of carbonyl (C=O) groups excluding carboxylic acids is 1. The van der Waals surface area contributed by atoms with Crippen LogP contribution in [0, 0.1) is 6.92 Å². The van der Waals surface area contributed by atoms with Gasteiger partial charge < -0.3 is 4.42 Å². The summed E-state index contributed by atoms with van der Waals surface area (Å²) in [5.74, 6) is 1.60. The van der Waals surface area contributed by atoms with Crippen LogP contribution in [0.2, 0.25) is 0 Å². The van der Waals surface area contributed by atoms with Gasteiger partial charge in [0.1, 0.15) is 5.76 Å². The predicted octanol–water partition coefficient (Wildman–Crippen LogP) is 3.77. The smallest absolute Gasteiger partial charge is 0.198 e. The number of aryl methyl sites for hydroxylation is 1. The minimum absolute atomic E-state index is 0.150. The first-order valence-corrected chi connectivity index (χ1v) is 5.98. The molecule has 1 heterocycles. The van der Waals surface area contributed by atoms with Crippen LogP contribution in [0.15, 0.2) is 34.7 Å². The zero-order valence-electron chi connectivity index (χ0n) is 9.82. The van der Waals surface area contributed by atoms with Crippen molar-refractivity contribution >= 4 is 5.78 Å². The van der Waals surface area contributed by atoms with Gasteiger partial charge in [-0.3, -0.25) is 4.79 Å². The van der Waals surface area contributed by atoms with Gasteiger partial charge in [-0.2, -0.15) is 0 Å². The second kappa shape index (κ2) is 3.88. The van der Waals surface area contributed by atoms with E-state index in [-0.39, 0.29) is 5.78 Å². The first-order valence-electron chi connectivity index (χ1n) is 5.98. The number of ketones is 1. The fourth-order valence-corrected chi connectivity index (χ4v) is 2.58. The van der Waals surface area contributed by atoms with Gasteiger partial charge in [-0.25, -0.2) is 0 Å². The number of carbonyl (C=O) groups is 1. The molecule has 2 nitrogen and oxygen atoms in total. The largest absolute Gasteiger partial charge is 0.457 e. The summed E-state index contributed by atoms with van der Waals surface area (Å²) in [6, 6.07) is 10.2. The van der Waals surface area contributed by atoms with Gasteiger partial charge in [0.05, 0.1) is 0 Å². The fourth-order valence-electron chi connectivity index (χ4n) is 2.58. The third kappa shape index (κ3) is 1.60. The Balaban J connectivity index is 2.21. The molecule has 0 saturated carbocycles. The van der Waals surface area contributed by atoms with Crippen molar-refractivity contribution in [2.75, 3.05) is 0 Å². The van der Waals surface area contributed by atoms with Gasteiger partial charge in [-0.15, -0.1) is 0 Å². The maximum Gasteiger partial charge on any atom is 0.198 e. The summed E-state index contributed by atoms with van der Waals surface area (Å²) in [6.07, 6.45) is 2.50. The maximum absolute atomic E-state index is 11.8. The predicted molar refractivity (Wildman–Crippen MR) is 66.1 cm³/mol. The number of fused-ring (bicyclic) bond motifs is 1. The van der Waals surface area contributed by atoms with E-state index in [1.165, 1.54) is 0 Å². The van der Waals surface area contributed by atoms with Crippen LogP contribution in [0.3, 0.4) is 0 Å². The molecule has 1 aliphatic rings. The van der Waals surface area contributed by atoms with E-state index in [0.29, 0.717) is 12.2 Å². The molecule has 1 aliphatic carbocycles. The Hall–Kier alpha value is -1.83. The SMILES string of the molecule is Cc1oc2c(c1-c1ccccc1)CCCC2=O. The molecule has 0 fully saturated rings. The minimum atomic E-state index is 0.150. The zero-order chi connectivity index (χ0) is 11.8. The standard InChI is InChI=1S/C15H14O2/c1-10-14(11-6-3-2-4-7-11)12-8-5-9-13(16)15(12)17-10/h2-4,6-7H,5,8-9H2,1H3. The molecule has 3 rings (SSSR count). The molecule has 1 aromatic carbocycles. The van der Waals surface area contributed by atoms with Crippen molar-refractivity contribution in [3.8, 4) is 11.1 Å². The van der Waals surface area contributed by atoms with Gasteiger partial charge in [0.2, 0.25) is 0 Å². The number of rotatable bonds is 1. The summed E-state index contributed by atoms with van der Waals surface area (Å²) in [6.45, 7) is 1.94. The van der Waals surface area contributed by atoms with Crippen molar-refractivity contribution in [3.05, 3.63) is 47.4 Å². The van der Waals surface area contributed by atoms with E-state index in [1.807, 2.05) is 25.1 Å². The van der Waals surface area contributed by atoms with Gasteiger partial charge >= 0.3 is 0 Å². The first-order chi connectivity index (χ1) is 8.27. The Morgan fingerprint density at radius 1 is 1.12 bits per heavy atom. The number of benzene rings is 1. The third-order valence-electron chi connectivity index (χ3n) is 3.33. The Kier molecular flexibility index (Phi) is 2.36. The summed E-state index contributed by atoms with van der Waals surface area (Å²) in [5.41, 5.74) is 3.36. The highest BCUT2D eigenvalue weighted by molar-refractivity contribution is 5.98. The van der Waals surface area contributed by atoms with Gasteiger partial charge in [-0.1, -0.05) is 30.3 Å². The number of Topliss-reactive ketones (excluding diaryl/α,β-unsaturated/α-hetero) is 1. The second-order valence-electron chi connectivity index (χ2n) is 4.48. The van der Waals surface area contributed by atoms with Crippen molar-refractivity contribution in [2.45, 2.75) is 26.2 Å². The Labute approximate surface area is 100 Å². The van der Waals surface area contributed by atoms with Gasteiger partial charge in [0.25, 0.3) is 0 Å². The van der Waals surface area contributed by atoms with E-state index in [9.17, 15) is 4.79 Å². The number of hydrogen-bond donors (Lipinski definition) is 0. The molecule has 0 saturated heterocycles. The average Bonchev–Trinajstić information content (AvgIpc) is 2.68. The summed E-state index contributed by atoms with van der Waals surface area (Å²) in [5, 5.41) is 0. The van der Waals surface area contributed by atoms with Crippen LogP contribution in [-0.4, -0.2) is 5.78 Å². The van der Waals surface area contributed by atoms with Crippen molar-refractivity contribution < 1.29 is 9.21 Å². The number of furan rings is 1. The molecule has 0 N–H and O–H groups in total. The molecule has 0 aliphatic heterocycles. The van der Waals surface area contributed by atoms with Crippen LogP contribution in [0.1, 0.15) is 34.7 Å². The normalized spacial score (nSPS) is 14.8. The van der Waals surface area contributed by atoms with Crippen molar-refractivity contribution in [3.63, 3.8) is 0 Å². The Morgan fingerprint density at radius 3 is 2.65 bits per heavy atom. The summed E-state index contributed by atoms with van der Waals surface area (Å²) >= 11 is 0. The van der Waals surface area contributed by atoms with Crippen LogP contribution in [0.5, 0.6) is 0 Å². The van der Waals surface area contributed by atoms with E-state index in [0.717, 1.165) is 35.3 Å². The Morgan fingerprint density at radius 2 is 1.88 bits per heavy atom. The van der Waals surface area contributed by atoms with E-state index in [2.05, 4.69) is 12.1 Å². The Bertz CT molecular complexity index is 564. The molecular formula is C15H14O2. The lowest BCUT2D eigenvalue weighted by Crippen LogP contribution is -2.08. The molecule has 0 bridgehead atoms. The molecule has 2 heteroatoms. The van der Waals surface area contributed by atoms with Gasteiger partial charge in [0.15, 0.2) is 11.5 Å². The maximum atomic E-state index is 11.8. The van der Waals surface area contributed by atoms with Crippen LogP contribution >= 0.6 is 0 Å². The number of hydrogen-bond acceptors (Lipinski definition) is 2. The van der Waals surface area contributed by atoms with Crippen LogP contribution in [0.4, 0.5) is 0 Å². The summed E-state index contributed by atoms with van der Waals surface area (Å²) in [7, 11) is 0. The average molecular weight is 226 g/mol. The monoisotopic (exact) mass is 226 g/mol. The highest BCUT2D eigenvalue weighted by atomic mass is 16.3. The van der Waals surface area contributed by atoms with Gasteiger partial charge in [-0.05, 0) is 25.3 Å². The molecule has 0 atom stereocenters.